The zero-order chi connectivity index (χ0) is 16.1. The molecule has 120 valence electrons. The maximum Gasteiger partial charge on any atom is 0.499 e. The van der Waals surface area contributed by atoms with Crippen molar-refractivity contribution in [2.45, 2.75) is 52.9 Å². The quantitative estimate of drug-likeness (QED) is 0.723. The Morgan fingerprint density at radius 2 is 1.82 bits per heavy atom. The van der Waals surface area contributed by atoms with Gasteiger partial charge in [-0.25, -0.2) is 0 Å². The summed E-state index contributed by atoms with van der Waals surface area (Å²) in [5.41, 5.74) is 1.35. The van der Waals surface area contributed by atoms with Crippen molar-refractivity contribution in [3.8, 4) is 0 Å². The van der Waals surface area contributed by atoms with Crippen LogP contribution in [0.1, 0.15) is 52.0 Å². The van der Waals surface area contributed by atoms with Crippen LogP contribution >= 0.6 is 11.3 Å². The summed E-state index contributed by atoms with van der Waals surface area (Å²) in [6.45, 7) is 6.93. The van der Waals surface area contributed by atoms with Crippen molar-refractivity contribution in [1.82, 2.24) is 0 Å². The molecule has 1 aromatic carbocycles. The van der Waals surface area contributed by atoms with Crippen molar-refractivity contribution in [2.75, 3.05) is 0 Å². The number of hydrogen-bond donors (Lipinski definition) is 2. The lowest BCUT2D eigenvalue weighted by Gasteiger charge is -2.12. The number of aryl methyl sites for hydroxylation is 1. The minimum atomic E-state index is -1.36. The van der Waals surface area contributed by atoms with Gasteiger partial charge in [0, 0.05) is 9.48 Å². The van der Waals surface area contributed by atoms with Crippen molar-refractivity contribution in [3.63, 3.8) is 0 Å². The molecule has 1 aromatic heterocycles. The van der Waals surface area contributed by atoms with Crippen LogP contribution in [-0.4, -0.2) is 17.2 Å². The molecular weight excluding hydrogens is 291 g/mol. The summed E-state index contributed by atoms with van der Waals surface area (Å²) in [6.07, 6.45) is 6.32. The minimum Gasteiger partial charge on any atom is -0.423 e. The number of hydrogen-bond acceptors (Lipinski definition) is 3. The van der Waals surface area contributed by atoms with Crippen LogP contribution < -0.4 is 4.78 Å². The Balaban J connectivity index is 1.88. The van der Waals surface area contributed by atoms with E-state index in [1.54, 1.807) is 0 Å². The summed E-state index contributed by atoms with van der Waals surface area (Å²) in [6, 6.07) is 8.33. The maximum absolute atomic E-state index is 9.26. The molecule has 2 N–H and O–H groups in total. The van der Waals surface area contributed by atoms with E-state index in [4.69, 9.17) is 0 Å². The number of fused-ring (bicyclic) bond motifs is 1. The molecule has 0 saturated heterocycles. The van der Waals surface area contributed by atoms with E-state index in [0.29, 0.717) is 4.78 Å². The second-order valence-corrected chi connectivity index (χ2v) is 7.98. The Morgan fingerprint density at radius 1 is 1.05 bits per heavy atom. The van der Waals surface area contributed by atoms with Crippen molar-refractivity contribution in [1.29, 1.82) is 0 Å². The molecule has 0 spiro atoms. The van der Waals surface area contributed by atoms with Gasteiger partial charge in [-0.15, -0.1) is 11.3 Å². The molecule has 2 nitrogen and oxygen atoms in total. The Morgan fingerprint density at radius 3 is 2.50 bits per heavy atom. The molecule has 1 heterocycles. The van der Waals surface area contributed by atoms with E-state index in [1.807, 2.05) is 6.07 Å². The zero-order valence-electron chi connectivity index (χ0n) is 13.9. The lowest BCUT2D eigenvalue weighted by atomic mass is 9.89. The van der Waals surface area contributed by atoms with Gasteiger partial charge in [-0.05, 0) is 47.8 Å². The summed E-state index contributed by atoms with van der Waals surface area (Å²) < 4.78 is 1.77. The van der Waals surface area contributed by atoms with E-state index < -0.39 is 7.12 Å². The fourth-order valence-electron chi connectivity index (χ4n) is 2.81. The van der Waals surface area contributed by atoms with Crippen LogP contribution in [0.3, 0.4) is 0 Å². The summed E-state index contributed by atoms with van der Waals surface area (Å²) in [5.74, 6) is 1.58. The molecule has 22 heavy (non-hydrogen) atoms. The Hall–Kier alpha value is -0.835. The number of thiophene rings is 1. The maximum atomic E-state index is 9.26. The number of rotatable bonds is 8. The molecular formula is C18H27BO2S. The standard InChI is InChI=1S/C18H27BO2S/c1-13(2)5-4-6-14(3)7-8-15-9-10-16-12-18(19(20)21)22-17(16)11-15/h9-14,20-21H,4-8H2,1-3H3. The van der Waals surface area contributed by atoms with Gasteiger partial charge in [-0.3, -0.25) is 0 Å². The fourth-order valence-corrected chi connectivity index (χ4v) is 3.81. The average Bonchev–Trinajstić information content (AvgIpc) is 2.88. The molecule has 0 bridgehead atoms. The van der Waals surface area contributed by atoms with Crippen molar-refractivity contribution < 1.29 is 10.0 Å². The first-order chi connectivity index (χ1) is 10.5. The third-order valence-electron chi connectivity index (χ3n) is 4.26. The molecule has 4 heteroatoms. The van der Waals surface area contributed by atoms with Crippen LogP contribution in [0.2, 0.25) is 0 Å². The van der Waals surface area contributed by atoms with Gasteiger partial charge in [-0.1, -0.05) is 52.2 Å². The second-order valence-electron chi connectivity index (χ2n) is 6.86. The Kier molecular flexibility index (Phi) is 6.48. The first-order valence-corrected chi connectivity index (χ1v) is 9.16. The summed E-state index contributed by atoms with van der Waals surface area (Å²) >= 11 is 1.47. The first-order valence-electron chi connectivity index (χ1n) is 8.34. The molecule has 1 unspecified atom stereocenters. The van der Waals surface area contributed by atoms with Crippen LogP contribution in [0.15, 0.2) is 24.3 Å². The SMILES string of the molecule is CC(C)CCCC(C)CCc1ccc2cc(B(O)O)sc2c1. The normalized spacial score (nSPS) is 13.0. The third-order valence-corrected chi connectivity index (χ3v) is 5.40. The first kappa shape index (κ1) is 17.5. The summed E-state index contributed by atoms with van der Waals surface area (Å²) in [4.78, 5) is 0. The van der Waals surface area contributed by atoms with E-state index in [2.05, 4.69) is 39.0 Å². The van der Waals surface area contributed by atoms with Crippen LogP contribution in [0.4, 0.5) is 0 Å². The van der Waals surface area contributed by atoms with Gasteiger partial charge in [0.1, 0.15) is 0 Å². The van der Waals surface area contributed by atoms with Crippen molar-refractivity contribution >= 4 is 33.3 Å². The molecule has 1 atom stereocenters. The number of benzene rings is 1. The van der Waals surface area contributed by atoms with Crippen LogP contribution in [-0.2, 0) is 6.42 Å². The van der Waals surface area contributed by atoms with Crippen molar-refractivity contribution in [3.05, 3.63) is 29.8 Å². The van der Waals surface area contributed by atoms with Gasteiger partial charge in [-0.2, -0.15) is 0 Å². The predicted octanol–water partition coefficient (Wildman–Crippen LogP) is 3.98. The summed E-state index contributed by atoms with van der Waals surface area (Å²) in [5, 5.41) is 19.6. The van der Waals surface area contributed by atoms with E-state index in [0.717, 1.165) is 28.3 Å². The van der Waals surface area contributed by atoms with Gasteiger partial charge in [0.25, 0.3) is 0 Å². The molecule has 0 radical (unpaired) electrons. The minimum absolute atomic E-state index is 0.620. The highest BCUT2D eigenvalue weighted by molar-refractivity contribution is 7.27. The lowest BCUT2D eigenvalue weighted by molar-refractivity contribution is 0.427. The second kappa shape index (κ2) is 8.14. The van der Waals surface area contributed by atoms with E-state index in [1.165, 1.54) is 42.6 Å². The Labute approximate surface area is 138 Å². The molecule has 0 fully saturated rings. The van der Waals surface area contributed by atoms with Gasteiger partial charge >= 0.3 is 7.12 Å². The molecule has 2 rings (SSSR count). The zero-order valence-corrected chi connectivity index (χ0v) is 14.7. The average molecular weight is 318 g/mol. The molecule has 2 aromatic rings. The molecule has 0 aliphatic carbocycles. The Bertz CT molecular complexity index is 592. The highest BCUT2D eigenvalue weighted by Gasteiger charge is 2.14. The van der Waals surface area contributed by atoms with Gasteiger partial charge in [0.2, 0.25) is 0 Å². The van der Waals surface area contributed by atoms with E-state index >= 15 is 0 Å². The van der Waals surface area contributed by atoms with Gasteiger partial charge < -0.3 is 10.0 Å². The lowest BCUT2D eigenvalue weighted by Crippen LogP contribution is -2.26. The molecule has 0 aliphatic heterocycles. The molecule has 0 saturated carbocycles. The predicted molar refractivity (Wildman–Crippen MR) is 97.8 cm³/mol. The monoisotopic (exact) mass is 318 g/mol. The highest BCUT2D eigenvalue weighted by Crippen LogP contribution is 2.23. The van der Waals surface area contributed by atoms with Gasteiger partial charge in [0.05, 0.1) is 0 Å². The molecule has 0 amide bonds. The fraction of sp³-hybridized carbons (Fsp3) is 0.556. The third kappa shape index (κ3) is 5.11. The largest absolute Gasteiger partial charge is 0.499 e. The highest BCUT2D eigenvalue weighted by atomic mass is 32.1. The van der Waals surface area contributed by atoms with Gasteiger partial charge in [0.15, 0.2) is 0 Å². The van der Waals surface area contributed by atoms with E-state index in [9.17, 15) is 10.0 Å². The van der Waals surface area contributed by atoms with Crippen molar-refractivity contribution in [2.24, 2.45) is 11.8 Å². The van der Waals surface area contributed by atoms with Crippen LogP contribution in [0.25, 0.3) is 10.1 Å². The molecule has 0 aliphatic rings. The smallest absolute Gasteiger partial charge is 0.423 e. The topological polar surface area (TPSA) is 40.5 Å². The van der Waals surface area contributed by atoms with Crippen LogP contribution in [0.5, 0.6) is 0 Å². The van der Waals surface area contributed by atoms with Crippen LogP contribution in [0, 0.1) is 11.8 Å². The van der Waals surface area contributed by atoms with E-state index in [-0.39, 0.29) is 0 Å². The summed E-state index contributed by atoms with van der Waals surface area (Å²) in [7, 11) is -1.36.